The van der Waals surface area contributed by atoms with E-state index >= 15 is 0 Å². The molecule has 0 aromatic carbocycles. The predicted octanol–water partition coefficient (Wildman–Crippen LogP) is 0.814. The van der Waals surface area contributed by atoms with Crippen molar-refractivity contribution in [3.8, 4) is 0 Å². The number of carboxylic acid groups (broad SMARTS) is 1. The molecule has 6 heteroatoms. The van der Waals surface area contributed by atoms with Crippen molar-refractivity contribution in [1.29, 1.82) is 0 Å². The number of likely N-dealkylation sites (N-methyl/N-ethyl adjacent to an activating group) is 2. The highest BCUT2D eigenvalue weighted by Gasteiger charge is 2.19. The van der Waals surface area contributed by atoms with Crippen LogP contribution in [0.15, 0.2) is 0 Å². The third-order valence-corrected chi connectivity index (χ3v) is 2.96. The van der Waals surface area contributed by atoms with Crippen molar-refractivity contribution in [3.63, 3.8) is 0 Å². The number of nitrogens with zero attached hydrogens (tertiary/aromatic N) is 2. The summed E-state index contributed by atoms with van der Waals surface area (Å²) >= 11 is 0. The van der Waals surface area contributed by atoms with E-state index in [0.717, 1.165) is 0 Å². The lowest BCUT2D eigenvalue weighted by molar-refractivity contribution is -0.141. The van der Waals surface area contributed by atoms with Gasteiger partial charge in [-0.1, -0.05) is 6.92 Å². The van der Waals surface area contributed by atoms with Crippen molar-refractivity contribution in [1.82, 2.24) is 9.80 Å². The maximum absolute atomic E-state index is 11.8. The van der Waals surface area contributed by atoms with Crippen LogP contribution in [0.4, 0.5) is 0 Å². The molecule has 0 saturated heterocycles. The SMILES string of the molecule is CCN(CC)C(=O)CN(C)C(=O)CC(C)CC(=O)O. The smallest absolute Gasteiger partial charge is 0.303 e. The molecule has 0 spiro atoms. The van der Waals surface area contributed by atoms with Crippen molar-refractivity contribution in [2.24, 2.45) is 5.92 Å². The molecule has 0 aliphatic heterocycles. The van der Waals surface area contributed by atoms with Crippen molar-refractivity contribution >= 4 is 17.8 Å². The van der Waals surface area contributed by atoms with Gasteiger partial charge in [0.1, 0.15) is 0 Å². The molecular formula is C13H24N2O4. The van der Waals surface area contributed by atoms with E-state index in [-0.39, 0.29) is 37.1 Å². The summed E-state index contributed by atoms with van der Waals surface area (Å²) in [6.45, 7) is 6.77. The summed E-state index contributed by atoms with van der Waals surface area (Å²) < 4.78 is 0. The zero-order valence-electron chi connectivity index (χ0n) is 12.2. The number of aliphatic carboxylic acids is 1. The minimum Gasteiger partial charge on any atom is -0.481 e. The molecule has 1 N–H and O–H groups in total. The monoisotopic (exact) mass is 272 g/mol. The lowest BCUT2D eigenvalue weighted by Gasteiger charge is -2.23. The summed E-state index contributed by atoms with van der Waals surface area (Å²) in [6, 6.07) is 0. The Balaban J connectivity index is 4.26. The quantitative estimate of drug-likeness (QED) is 0.709. The molecular weight excluding hydrogens is 248 g/mol. The zero-order chi connectivity index (χ0) is 15.0. The molecule has 1 atom stereocenters. The Morgan fingerprint density at radius 3 is 2.00 bits per heavy atom. The molecule has 6 nitrogen and oxygen atoms in total. The van der Waals surface area contributed by atoms with Gasteiger partial charge < -0.3 is 14.9 Å². The maximum Gasteiger partial charge on any atom is 0.303 e. The first-order valence-electron chi connectivity index (χ1n) is 6.55. The Hall–Kier alpha value is -1.59. The van der Waals surface area contributed by atoms with Gasteiger partial charge in [0.2, 0.25) is 11.8 Å². The molecule has 0 fully saturated rings. The fraction of sp³-hybridized carbons (Fsp3) is 0.769. The Morgan fingerprint density at radius 1 is 1.05 bits per heavy atom. The molecule has 0 aromatic rings. The van der Waals surface area contributed by atoms with Crippen LogP contribution < -0.4 is 0 Å². The third-order valence-electron chi connectivity index (χ3n) is 2.96. The van der Waals surface area contributed by atoms with E-state index in [1.54, 1.807) is 18.9 Å². The van der Waals surface area contributed by atoms with Gasteiger partial charge in [0.15, 0.2) is 0 Å². The van der Waals surface area contributed by atoms with Crippen LogP contribution in [0.25, 0.3) is 0 Å². The Bertz CT molecular complexity index is 327. The minimum atomic E-state index is -0.915. The standard InChI is InChI=1S/C13H24N2O4/c1-5-15(6-2)12(17)9-14(4)11(16)7-10(3)8-13(18)19/h10H,5-9H2,1-4H3,(H,18,19). The number of rotatable bonds is 8. The second kappa shape index (κ2) is 8.50. The second-order valence-corrected chi connectivity index (χ2v) is 4.72. The highest BCUT2D eigenvalue weighted by Crippen LogP contribution is 2.09. The molecule has 0 aliphatic rings. The van der Waals surface area contributed by atoms with Crippen LogP contribution in [-0.4, -0.2) is 59.4 Å². The Labute approximate surface area is 114 Å². The Kier molecular flexibility index (Phi) is 7.79. The van der Waals surface area contributed by atoms with E-state index < -0.39 is 5.97 Å². The van der Waals surface area contributed by atoms with E-state index in [1.807, 2.05) is 13.8 Å². The molecule has 110 valence electrons. The van der Waals surface area contributed by atoms with E-state index in [4.69, 9.17) is 5.11 Å². The first-order chi connectivity index (χ1) is 8.81. The van der Waals surface area contributed by atoms with Gasteiger partial charge in [-0.2, -0.15) is 0 Å². The summed E-state index contributed by atoms with van der Waals surface area (Å²) in [5, 5.41) is 8.63. The number of carbonyl (C=O) groups excluding carboxylic acids is 2. The van der Waals surface area contributed by atoms with Crippen LogP contribution in [0.1, 0.15) is 33.6 Å². The van der Waals surface area contributed by atoms with Gasteiger partial charge in [-0.15, -0.1) is 0 Å². The van der Waals surface area contributed by atoms with E-state index in [1.165, 1.54) is 4.90 Å². The molecule has 0 aliphatic carbocycles. The van der Waals surface area contributed by atoms with Crippen LogP contribution in [0, 0.1) is 5.92 Å². The van der Waals surface area contributed by atoms with Gasteiger partial charge in [0, 0.05) is 33.0 Å². The summed E-state index contributed by atoms with van der Waals surface area (Å²) in [7, 11) is 1.57. The molecule has 2 amide bonds. The normalized spacial score (nSPS) is 11.8. The van der Waals surface area contributed by atoms with Crippen molar-refractivity contribution in [2.45, 2.75) is 33.6 Å². The highest BCUT2D eigenvalue weighted by molar-refractivity contribution is 5.85. The third kappa shape index (κ3) is 6.79. The van der Waals surface area contributed by atoms with Crippen LogP contribution in [0.3, 0.4) is 0 Å². The summed E-state index contributed by atoms with van der Waals surface area (Å²) in [4.78, 5) is 37.2. The molecule has 0 rings (SSSR count). The number of hydrogen-bond donors (Lipinski definition) is 1. The van der Waals surface area contributed by atoms with Gasteiger partial charge >= 0.3 is 5.97 Å². The molecule has 0 bridgehead atoms. The number of hydrogen-bond acceptors (Lipinski definition) is 3. The first-order valence-corrected chi connectivity index (χ1v) is 6.55. The first kappa shape index (κ1) is 17.4. The Morgan fingerprint density at radius 2 is 1.58 bits per heavy atom. The van der Waals surface area contributed by atoms with E-state index in [0.29, 0.717) is 13.1 Å². The van der Waals surface area contributed by atoms with Crippen LogP contribution in [0.5, 0.6) is 0 Å². The lowest BCUT2D eigenvalue weighted by Crippen LogP contribution is -2.41. The number of carbonyl (C=O) groups is 3. The maximum atomic E-state index is 11.8. The van der Waals surface area contributed by atoms with Gasteiger partial charge in [-0.05, 0) is 19.8 Å². The van der Waals surface area contributed by atoms with Gasteiger partial charge in [0.25, 0.3) is 0 Å². The van der Waals surface area contributed by atoms with E-state index in [9.17, 15) is 14.4 Å². The fourth-order valence-corrected chi connectivity index (χ4v) is 1.79. The number of amides is 2. The molecule has 1 unspecified atom stereocenters. The topological polar surface area (TPSA) is 77.9 Å². The average Bonchev–Trinajstić information content (AvgIpc) is 2.28. The van der Waals surface area contributed by atoms with Crippen LogP contribution in [-0.2, 0) is 14.4 Å². The van der Waals surface area contributed by atoms with Crippen molar-refractivity contribution < 1.29 is 19.5 Å². The zero-order valence-corrected chi connectivity index (χ0v) is 12.2. The molecule has 0 radical (unpaired) electrons. The average molecular weight is 272 g/mol. The molecule has 0 heterocycles. The molecule has 0 saturated carbocycles. The van der Waals surface area contributed by atoms with Gasteiger partial charge in [-0.25, -0.2) is 0 Å². The molecule has 19 heavy (non-hydrogen) atoms. The minimum absolute atomic E-state index is 0.0381. The summed E-state index contributed by atoms with van der Waals surface area (Å²) in [5.41, 5.74) is 0. The number of carboxylic acids is 1. The lowest BCUT2D eigenvalue weighted by atomic mass is 10.0. The predicted molar refractivity (Wildman–Crippen MR) is 71.6 cm³/mol. The fourth-order valence-electron chi connectivity index (χ4n) is 1.79. The van der Waals surface area contributed by atoms with Crippen LogP contribution >= 0.6 is 0 Å². The second-order valence-electron chi connectivity index (χ2n) is 4.72. The van der Waals surface area contributed by atoms with Crippen molar-refractivity contribution in [2.75, 3.05) is 26.7 Å². The van der Waals surface area contributed by atoms with Crippen LogP contribution in [0.2, 0.25) is 0 Å². The summed E-state index contributed by atoms with van der Waals surface area (Å²) in [5.74, 6) is -1.43. The van der Waals surface area contributed by atoms with E-state index in [2.05, 4.69) is 0 Å². The largest absolute Gasteiger partial charge is 0.481 e. The molecule has 0 aromatic heterocycles. The van der Waals surface area contributed by atoms with Crippen molar-refractivity contribution in [3.05, 3.63) is 0 Å². The van der Waals surface area contributed by atoms with Gasteiger partial charge in [0.05, 0.1) is 6.54 Å². The van der Waals surface area contributed by atoms with Gasteiger partial charge in [-0.3, -0.25) is 14.4 Å². The summed E-state index contributed by atoms with van der Waals surface area (Å²) in [6.07, 6.45) is 0.109. The highest BCUT2D eigenvalue weighted by atomic mass is 16.4.